The molecule has 3 rings (SSSR count). The lowest BCUT2D eigenvalue weighted by Gasteiger charge is -2.09. The summed E-state index contributed by atoms with van der Waals surface area (Å²) < 4.78 is 11.1. The summed E-state index contributed by atoms with van der Waals surface area (Å²) >= 11 is 1.56. The number of aromatic nitrogens is 2. The highest BCUT2D eigenvalue weighted by Gasteiger charge is 2.10. The van der Waals surface area contributed by atoms with E-state index in [9.17, 15) is 0 Å². The Morgan fingerprint density at radius 1 is 1.24 bits per heavy atom. The molecule has 0 aliphatic carbocycles. The van der Waals surface area contributed by atoms with Crippen molar-refractivity contribution in [3.63, 3.8) is 0 Å². The molecule has 1 N–H and O–H groups in total. The Morgan fingerprint density at radius 3 is 2.95 bits per heavy atom. The van der Waals surface area contributed by atoms with Crippen molar-refractivity contribution in [2.75, 3.05) is 19.5 Å². The lowest BCUT2D eigenvalue weighted by atomic mass is 10.2. The third kappa shape index (κ3) is 2.96. The minimum Gasteiger partial charge on any atom is -0.438 e. The predicted molar refractivity (Wildman–Crippen MR) is 84.2 cm³/mol. The van der Waals surface area contributed by atoms with E-state index in [-0.39, 0.29) is 0 Å². The predicted octanol–water partition coefficient (Wildman–Crippen LogP) is 3.67. The lowest BCUT2D eigenvalue weighted by molar-refractivity contribution is 0.184. The normalized spacial score (nSPS) is 10.8. The fourth-order valence-electron chi connectivity index (χ4n) is 1.99. The SMILES string of the molecule is CNc1nc(Oc2cccc(COC)c2)c2ccsc2n1. The van der Waals surface area contributed by atoms with Crippen LogP contribution in [-0.2, 0) is 11.3 Å². The molecule has 2 aromatic heterocycles. The number of hydrogen-bond donors (Lipinski definition) is 1. The number of thiophene rings is 1. The van der Waals surface area contributed by atoms with E-state index < -0.39 is 0 Å². The van der Waals surface area contributed by atoms with E-state index in [2.05, 4.69) is 15.3 Å². The number of benzene rings is 1. The summed E-state index contributed by atoms with van der Waals surface area (Å²) in [6.45, 7) is 0.552. The zero-order chi connectivity index (χ0) is 14.7. The highest BCUT2D eigenvalue weighted by Crippen LogP contribution is 2.31. The number of ether oxygens (including phenoxy) is 2. The third-order valence-corrected chi connectivity index (χ3v) is 3.74. The molecule has 6 heteroatoms. The van der Waals surface area contributed by atoms with Crippen molar-refractivity contribution < 1.29 is 9.47 Å². The number of methoxy groups -OCH3 is 1. The first-order valence-corrected chi connectivity index (χ1v) is 7.37. The minimum atomic E-state index is 0.549. The molecule has 3 aromatic rings. The van der Waals surface area contributed by atoms with Crippen molar-refractivity contribution >= 4 is 27.5 Å². The number of anilines is 1. The van der Waals surface area contributed by atoms with Gasteiger partial charge in [0.2, 0.25) is 11.8 Å². The average molecular weight is 301 g/mol. The van der Waals surface area contributed by atoms with Gasteiger partial charge in [-0.15, -0.1) is 11.3 Å². The van der Waals surface area contributed by atoms with Gasteiger partial charge in [0.05, 0.1) is 12.0 Å². The first-order valence-electron chi connectivity index (χ1n) is 6.49. The number of fused-ring (bicyclic) bond motifs is 1. The molecule has 0 spiro atoms. The molecule has 0 atom stereocenters. The zero-order valence-electron chi connectivity index (χ0n) is 11.8. The van der Waals surface area contributed by atoms with Crippen molar-refractivity contribution in [3.05, 3.63) is 41.3 Å². The van der Waals surface area contributed by atoms with Crippen LogP contribution in [0.2, 0.25) is 0 Å². The maximum absolute atomic E-state index is 5.94. The Kier molecular flexibility index (Phi) is 3.98. The molecular formula is C15H15N3O2S. The van der Waals surface area contributed by atoms with Gasteiger partial charge in [-0.2, -0.15) is 4.98 Å². The van der Waals surface area contributed by atoms with Gasteiger partial charge in [-0.25, -0.2) is 4.98 Å². The maximum atomic E-state index is 5.94. The van der Waals surface area contributed by atoms with Crippen molar-refractivity contribution in [3.8, 4) is 11.6 Å². The van der Waals surface area contributed by atoms with Crippen LogP contribution in [0.1, 0.15) is 5.56 Å². The Balaban J connectivity index is 1.97. The molecule has 0 unspecified atom stereocenters. The van der Waals surface area contributed by atoms with E-state index in [0.717, 1.165) is 21.5 Å². The van der Waals surface area contributed by atoms with E-state index in [1.807, 2.05) is 35.7 Å². The minimum absolute atomic E-state index is 0.549. The van der Waals surface area contributed by atoms with Gasteiger partial charge in [0, 0.05) is 14.2 Å². The van der Waals surface area contributed by atoms with Crippen LogP contribution in [-0.4, -0.2) is 24.1 Å². The van der Waals surface area contributed by atoms with Crippen LogP contribution in [0.15, 0.2) is 35.7 Å². The van der Waals surface area contributed by atoms with Crippen molar-refractivity contribution in [2.45, 2.75) is 6.61 Å². The summed E-state index contributed by atoms with van der Waals surface area (Å²) in [5.41, 5.74) is 1.06. The molecule has 0 aliphatic heterocycles. The zero-order valence-corrected chi connectivity index (χ0v) is 12.6. The Bertz CT molecular complexity index is 758. The second kappa shape index (κ2) is 6.07. The third-order valence-electron chi connectivity index (χ3n) is 2.94. The quantitative estimate of drug-likeness (QED) is 0.779. The molecule has 0 aliphatic rings. The van der Waals surface area contributed by atoms with Gasteiger partial charge in [-0.1, -0.05) is 12.1 Å². The summed E-state index contributed by atoms with van der Waals surface area (Å²) in [7, 11) is 3.46. The van der Waals surface area contributed by atoms with E-state index in [0.29, 0.717) is 18.4 Å². The van der Waals surface area contributed by atoms with Crippen molar-refractivity contribution in [2.24, 2.45) is 0 Å². The van der Waals surface area contributed by atoms with Crippen LogP contribution in [0.5, 0.6) is 11.6 Å². The first-order chi connectivity index (χ1) is 10.3. The molecule has 0 bridgehead atoms. The van der Waals surface area contributed by atoms with Crippen molar-refractivity contribution in [1.29, 1.82) is 0 Å². The Labute approximate surface area is 126 Å². The van der Waals surface area contributed by atoms with Crippen LogP contribution < -0.4 is 10.1 Å². The summed E-state index contributed by atoms with van der Waals surface area (Å²) in [5.74, 6) is 1.84. The Morgan fingerprint density at radius 2 is 2.14 bits per heavy atom. The summed E-state index contributed by atoms with van der Waals surface area (Å²) in [6.07, 6.45) is 0. The van der Waals surface area contributed by atoms with Crippen LogP contribution in [0.3, 0.4) is 0 Å². The second-order valence-corrected chi connectivity index (χ2v) is 5.32. The van der Waals surface area contributed by atoms with Gasteiger partial charge in [0.15, 0.2) is 0 Å². The van der Waals surface area contributed by atoms with E-state index in [4.69, 9.17) is 9.47 Å². The number of hydrogen-bond acceptors (Lipinski definition) is 6. The number of rotatable bonds is 5. The smallest absolute Gasteiger partial charge is 0.232 e. The van der Waals surface area contributed by atoms with E-state index in [1.54, 1.807) is 25.5 Å². The fraction of sp³-hybridized carbons (Fsp3) is 0.200. The number of nitrogens with one attached hydrogen (secondary N) is 1. The average Bonchev–Trinajstić information content (AvgIpc) is 2.96. The van der Waals surface area contributed by atoms with Gasteiger partial charge in [-0.3, -0.25) is 0 Å². The first kappa shape index (κ1) is 13.8. The summed E-state index contributed by atoms with van der Waals surface area (Å²) in [4.78, 5) is 9.69. The van der Waals surface area contributed by atoms with Gasteiger partial charge < -0.3 is 14.8 Å². The number of nitrogens with zero attached hydrogens (tertiary/aromatic N) is 2. The maximum Gasteiger partial charge on any atom is 0.232 e. The molecule has 108 valence electrons. The molecule has 21 heavy (non-hydrogen) atoms. The van der Waals surface area contributed by atoms with Crippen LogP contribution in [0.25, 0.3) is 10.2 Å². The molecular weight excluding hydrogens is 286 g/mol. The van der Waals surface area contributed by atoms with Crippen LogP contribution in [0.4, 0.5) is 5.95 Å². The second-order valence-electron chi connectivity index (χ2n) is 4.42. The largest absolute Gasteiger partial charge is 0.438 e. The van der Waals surface area contributed by atoms with Crippen LogP contribution >= 0.6 is 11.3 Å². The molecule has 0 fully saturated rings. The van der Waals surface area contributed by atoms with E-state index >= 15 is 0 Å². The van der Waals surface area contributed by atoms with Crippen molar-refractivity contribution in [1.82, 2.24) is 9.97 Å². The van der Waals surface area contributed by atoms with Crippen LogP contribution in [0, 0.1) is 0 Å². The standard InChI is InChI=1S/C15H15N3O2S/c1-16-15-17-13(12-6-7-21-14(12)18-15)20-11-5-3-4-10(8-11)9-19-2/h3-8H,9H2,1-2H3,(H,16,17,18). The molecule has 5 nitrogen and oxygen atoms in total. The monoisotopic (exact) mass is 301 g/mol. The van der Waals surface area contributed by atoms with Gasteiger partial charge in [0.25, 0.3) is 0 Å². The highest BCUT2D eigenvalue weighted by molar-refractivity contribution is 7.16. The van der Waals surface area contributed by atoms with E-state index in [1.165, 1.54) is 0 Å². The molecule has 0 saturated heterocycles. The lowest BCUT2D eigenvalue weighted by Crippen LogP contribution is -1.98. The summed E-state index contributed by atoms with van der Waals surface area (Å²) in [5, 5.41) is 5.84. The highest BCUT2D eigenvalue weighted by atomic mass is 32.1. The molecule has 1 aromatic carbocycles. The van der Waals surface area contributed by atoms with Gasteiger partial charge in [-0.05, 0) is 29.1 Å². The molecule has 0 radical (unpaired) electrons. The van der Waals surface area contributed by atoms with Gasteiger partial charge >= 0.3 is 0 Å². The van der Waals surface area contributed by atoms with Gasteiger partial charge in [0.1, 0.15) is 10.6 Å². The topological polar surface area (TPSA) is 56.3 Å². The Hall–Kier alpha value is -2.18. The summed E-state index contributed by atoms with van der Waals surface area (Å²) in [6, 6.07) is 9.75. The molecule has 2 heterocycles. The molecule has 0 saturated carbocycles. The fourth-order valence-corrected chi connectivity index (χ4v) is 2.75. The molecule has 0 amide bonds.